The summed E-state index contributed by atoms with van der Waals surface area (Å²) in [5, 5.41) is 15.2. The third-order valence-electron chi connectivity index (χ3n) is 3.59. The predicted molar refractivity (Wildman–Crippen MR) is 101 cm³/mol. The third kappa shape index (κ3) is 4.15. The Bertz CT molecular complexity index is 996. The van der Waals surface area contributed by atoms with Crippen molar-refractivity contribution in [2.24, 2.45) is 0 Å². The van der Waals surface area contributed by atoms with E-state index >= 15 is 0 Å². The first kappa shape index (κ1) is 17.4. The lowest BCUT2D eigenvalue weighted by molar-refractivity contribution is 0.102. The van der Waals surface area contributed by atoms with Gasteiger partial charge in [0.05, 0.1) is 11.6 Å². The number of aromatic nitrogens is 2. The van der Waals surface area contributed by atoms with Gasteiger partial charge in [0.15, 0.2) is 0 Å². The van der Waals surface area contributed by atoms with Crippen molar-refractivity contribution in [3.8, 4) is 6.07 Å². The first-order chi connectivity index (χ1) is 12.5. The largest absolute Gasteiger partial charge is 0.324 e. The van der Waals surface area contributed by atoms with Crippen LogP contribution in [0.5, 0.6) is 0 Å². The highest BCUT2D eigenvalue weighted by Gasteiger charge is 2.10. The van der Waals surface area contributed by atoms with Crippen molar-refractivity contribution >= 4 is 34.8 Å². The molecule has 2 N–H and O–H groups in total. The van der Waals surface area contributed by atoms with Crippen molar-refractivity contribution in [2.45, 2.75) is 6.92 Å². The Hall–Kier alpha value is -3.43. The van der Waals surface area contributed by atoms with E-state index in [2.05, 4.69) is 26.7 Å². The molecule has 0 aliphatic carbocycles. The van der Waals surface area contributed by atoms with Crippen LogP contribution < -0.4 is 10.6 Å². The molecule has 0 spiro atoms. The maximum absolute atomic E-state index is 12.4. The van der Waals surface area contributed by atoms with E-state index in [1.54, 1.807) is 36.4 Å². The molecule has 0 atom stereocenters. The van der Waals surface area contributed by atoms with Crippen LogP contribution >= 0.6 is 11.6 Å². The molecule has 7 heteroatoms. The number of carbonyl (C=O) groups is 1. The van der Waals surface area contributed by atoms with Gasteiger partial charge in [0.25, 0.3) is 5.91 Å². The molecular weight excluding hydrogens is 350 g/mol. The fourth-order valence-electron chi connectivity index (χ4n) is 2.17. The second-order valence-electron chi connectivity index (χ2n) is 5.50. The average Bonchev–Trinajstić information content (AvgIpc) is 2.65. The van der Waals surface area contributed by atoms with Crippen molar-refractivity contribution in [2.75, 3.05) is 10.6 Å². The molecule has 1 amide bonds. The van der Waals surface area contributed by atoms with Crippen LogP contribution in [0.2, 0.25) is 5.02 Å². The molecule has 0 fully saturated rings. The zero-order valence-electron chi connectivity index (χ0n) is 13.8. The van der Waals surface area contributed by atoms with Gasteiger partial charge in [-0.2, -0.15) is 5.26 Å². The smallest absolute Gasteiger partial charge is 0.274 e. The Morgan fingerprint density at radius 2 is 1.85 bits per heavy atom. The second kappa shape index (κ2) is 7.64. The lowest BCUT2D eigenvalue weighted by Gasteiger charge is -2.08. The van der Waals surface area contributed by atoms with Crippen LogP contribution in [-0.2, 0) is 0 Å². The van der Waals surface area contributed by atoms with E-state index in [4.69, 9.17) is 16.9 Å². The quantitative estimate of drug-likeness (QED) is 0.720. The van der Waals surface area contributed by atoms with Crippen LogP contribution in [0.15, 0.2) is 54.7 Å². The summed E-state index contributed by atoms with van der Waals surface area (Å²) >= 11 is 6.07. The van der Waals surface area contributed by atoms with Gasteiger partial charge in [-0.3, -0.25) is 4.79 Å². The van der Waals surface area contributed by atoms with Gasteiger partial charge in [0.2, 0.25) is 5.95 Å². The SMILES string of the molecule is Cc1ccc(NC(=O)c2ccnc(Nc3ccc(C#N)cc3)n2)cc1Cl. The average molecular weight is 364 g/mol. The lowest BCUT2D eigenvalue weighted by Crippen LogP contribution is -2.14. The number of carbonyl (C=O) groups excluding carboxylic acids is 1. The molecule has 0 radical (unpaired) electrons. The van der Waals surface area contributed by atoms with Gasteiger partial charge in [-0.05, 0) is 55.0 Å². The summed E-state index contributed by atoms with van der Waals surface area (Å²) in [7, 11) is 0. The van der Waals surface area contributed by atoms with E-state index < -0.39 is 0 Å². The highest BCUT2D eigenvalue weighted by molar-refractivity contribution is 6.31. The molecule has 0 unspecified atom stereocenters. The fraction of sp³-hybridized carbons (Fsp3) is 0.0526. The molecule has 0 saturated carbocycles. The number of aryl methyl sites for hydroxylation is 1. The van der Waals surface area contributed by atoms with Crippen molar-refractivity contribution < 1.29 is 4.79 Å². The van der Waals surface area contributed by atoms with E-state index in [9.17, 15) is 4.79 Å². The second-order valence-corrected chi connectivity index (χ2v) is 5.90. The minimum absolute atomic E-state index is 0.216. The standard InChI is InChI=1S/C19H14ClN5O/c1-12-2-5-15(10-16(12)20)23-18(26)17-8-9-22-19(25-17)24-14-6-3-13(11-21)4-7-14/h2-10H,1H3,(H,23,26)(H,22,24,25). The number of benzene rings is 2. The van der Waals surface area contributed by atoms with Gasteiger partial charge in [0.1, 0.15) is 5.69 Å². The molecular formula is C19H14ClN5O. The van der Waals surface area contributed by atoms with Crippen molar-refractivity contribution in [3.63, 3.8) is 0 Å². The molecule has 0 aliphatic heterocycles. The number of amides is 1. The predicted octanol–water partition coefficient (Wildman–Crippen LogP) is 4.31. The molecule has 0 saturated heterocycles. The summed E-state index contributed by atoms with van der Waals surface area (Å²) in [6.45, 7) is 1.89. The van der Waals surface area contributed by atoms with Gasteiger partial charge < -0.3 is 10.6 Å². The van der Waals surface area contributed by atoms with E-state index in [-0.39, 0.29) is 17.5 Å². The zero-order valence-corrected chi connectivity index (χ0v) is 14.6. The molecule has 0 bridgehead atoms. The third-order valence-corrected chi connectivity index (χ3v) is 4.00. The van der Waals surface area contributed by atoms with Gasteiger partial charge in [-0.15, -0.1) is 0 Å². The summed E-state index contributed by atoms with van der Waals surface area (Å²) < 4.78 is 0. The number of anilines is 3. The van der Waals surface area contributed by atoms with E-state index in [0.717, 1.165) is 5.56 Å². The number of hydrogen-bond donors (Lipinski definition) is 2. The number of nitrogens with zero attached hydrogens (tertiary/aromatic N) is 3. The maximum atomic E-state index is 12.4. The van der Waals surface area contributed by atoms with Crippen molar-refractivity contribution in [1.29, 1.82) is 5.26 Å². The van der Waals surface area contributed by atoms with E-state index in [1.807, 2.05) is 13.0 Å². The van der Waals surface area contributed by atoms with Crippen LogP contribution in [0.1, 0.15) is 21.6 Å². The molecule has 26 heavy (non-hydrogen) atoms. The molecule has 3 aromatic rings. The first-order valence-corrected chi connectivity index (χ1v) is 8.11. The number of nitriles is 1. The topological polar surface area (TPSA) is 90.7 Å². The molecule has 6 nitrogen and oxygen atoms in total. The molecule has 2 aromatic carbocycles. The minimum atomic E-state index is -0.366. The van der Waals surface area contributed by atoms with Crippen LogP contribution in [0, 0.1) is 18.3 Å². The lowest BCUT2D eigenvalue weighted by atomic mass is 10.2. The summed E-state index contributed by atoms with van der Waals surface area (Å²) in [5.74, 6) is -0.0838. The summed E-state index contributed by atoms with van der Waals surface area (Å²) in [6, 6.07) is 15.7. The monoisotopic (exact) mass is 363 g/mol. The van der Waals surface area contributed by atoms with E-state index in [1.165, 1.54) is 12.3 Å². The molecule has 3 rings (SSSR count). The Morgan fingerprint density at radius 1 is 1.12 bits per heavy atom. The van der Waals surface area contributed by atoms with Crippen LogP contribution in [0.3, 0.4) is 0 Å². The summed E-state index contributed by atoms with van der Waals surface area (Å²) in [5.41, 5.74) is 3.01. The molecule has 0 aliphatic rings. The fourth-order valence-corrected chi connectivity index (χ4v) is 2.35. The van der Waals surface area contributed by atoms with Gasteiger partial charge in [-0.25, -0.2) is 9.97 Å². The number of hydrogen-bond acceptors (Lipinski definition) is 5. The van der Waals surface area contributed by atoms with Crippen molar-refractivity contribution in [1.82, 2.24) is 9.97 Å². The normalized spacial score (nSPS) is 10.0. The van der Waals surface area contributed by atoms with Crippen LogP contribution in [-0.4, -0.2) is 15.9 Å². The summed E-state index contributed by atoms with van der Waals surface area (Å²) in [4.78, 5) is 20.7. The maximum Gasteiger partial charge on any atom is 0.274 e. The van der Waals surface area contributed by atoms with Gasteiger partial charge >= 0.3 is 0 Å². The van der Waals surface area contributed by atoms with Gasteiger partial charge in [-0.1, -0.05) is 17.7 Å². The Labute approximate surface area is 155 Å². The van der Waals surface area contributed by atoms with Crippen LogP contribution in [0.4, 0.5) is 17.3 Å². The van der Waals surface area contributed by atoms with Crippen molar-refractivity contribution in [3.05, 3.63) is 76.6 Å². The Balaban J connectivity index is 1.74. The zero-order chi connectivity index (χ0) is 18.5. The van der Waals surface area contributed by atoms with Crippen LogP contribution in [0.25, 0.3) is 0 Å². The number of nitrogens with one attached hydrogen (secondary N) is 2. The highest BCUT2D eigenvalue weighted by Crippen LogP contribution is 2.20. The van der Waals surface area contributed by atoms with E-state index in [0.29, 0.717) is 22.0 Å². The first-order valence-electron chi connectivity index (χ1n) is 7.73. The number of halogens is 1. The molecule has 128 valence electrons. The minimum Gasteiger partial charge on any atom is -0.324 e. The Morgan fingerprint density at radius 3 is 2.54 bits per heavy atom. The highest BCUT2D eigenvalue weighted by atomic mass is 35.5. The molecule has 1 heterocycles. The van der Waals surface area contributed by atoms with Gasteiger partial charge in [0, 0.05) is 22.6 Å². The molecule has 1 aromatic heterocycles. The number of rotatable bonds is 4. The summed E-state index contributed by atoms with van der Waals surface area (Å²) in [6.07, 6.45) is 1.50. The Kier molecular flexibility index (Phi) is 5.11.